The van der Waals surface area contributed by atoms with Gasteiger partial charge in [-0.05, 0) is 37.1 Å². The molecular formula is C14H21N3O. The SMILES string of the molecule is CC.Cc1noc(C)c1-c1ccc(N)c(CN)c1. The largest absolute Gasteiger partial charge is 0.398 e. The van der Waals surface area contributed by atoms with E-state index in [1.807, 2.05) is 45.9 Å². The van der Waals surface area contributed by atoms with E-state index < -0.39 is 0 Å². The van der Waals surface area contributed by atoms with E-state index in [2.05, 4.69) is 5.16 Å². The summed E-state index contributed by atoms with van der Waals surface area (Å²) in [5.74, 6) is 0.810. The lowest BCUT2D eigenvalue weighted by atomic mass is 10.0. The van der Waals surface area contributed by atoms with E-state index in [1.54, 1.807) is 0 Å². The molecule has 4 N–H and O–H groups in total. The number of nitrogens with two attached hydrogens (primary N) is 2. The predicted octanol–water partition coefficient (Wildman–Crippen LogP) is 3.03. The Bertz CT molecular complexity index is 498. The molecule has 1 heterocycles. The highest BCUT2D eigenvalue weighted by Gasteiger charge is 2.12. The van der Waals surface area contributed by atoms with Gasteiger partial charge in [0.25, 0.3) is 0 Å². The van der Waals surface area contributed by atoms with Crippen LogP contribution in [0, 0.1) is 13.8 Å². The van der Waals surface area contributed by atoms with Crippen LogP contribution < -0.4 is 11.5 Å². The van der Waals surface area contributed by atoms with Gasteiger partial charge in [-0.1, -0.05) is 25.1 Å². The first kappa shape index (κ1) is 14.3. The Morgan fingerprint density at radius 3 is 2.39 bits per heavy atom. The van der Waals surface area contributed by atoms with Crippen LogP contribution in [0.4, 0.5) is 5.69 Å². The maximum absolute atomic E-state index is 5.81. The second kappa shape index (κ2) is 6.21. The highest BCUT2D eigenvalue weighted by atomic mass is 16.5. The Labute approximate surface area is 108 Å². The van der Waals surface area contributed by atoms with Crippen LogP contribution in [0.3, 0.4) is 0 Å². The molecule has 0 saturated carbocycles. The molecule has 0 atom stereocenters. The van der Waals surface area contributed by atoms with Crippen molar-refractivity contribution in [2.45, 2.75) is 34.2 Å². The molecule has 0 radical (unpaired) electrons. The molecule has 98 valence electrons. The van der Waals surface area contributed by atoms with E-state index in [4.69, 9.17) is 16.0 Å². The molecular weight excluding hydrogens is 226 g/mol. The fraction of sp³-hybridized carbons (Fsp3) is 0.357. The molecule has 18 heavy (non-hydrogen) atoms. The van der Waals surface area contributed by atoms with Crippen LogP contribution in [0.15, 0.2) is 22.7 Å². The summed E-state index contributed by atoms with van der Waals surface area (Å²) >= 11 is 0. The van der Waals surface area contributed by atoms with Crippen LogP contribution in [0.1, 0.15) is 30.9 Å². The van der Waals surface area contributed by atoms with Gasteiger partial charge in [-0.3, -0.25) is 0 Å². The number of anilines is 1. The predicted molar refractivity (Wildman–Crippen MR) is 75.1 cm³/mol. The minimum Gasteiger partial charge on any atom is -0.398 e. The highest BCUT2D eigenvalue weighted by molar-refractivity contribution is 5.70. The molecule has 1 aromatic heterocycles. The first-order valence-electron chi connectivity index (χ1n) is 6.15. The van der Waals surface area contributed by atoms with Crippen molar-refractivity contribution in [1.82, 2.24) is 5.16 Å². The Morgan fingerprint density at radius 1 is 1.22 bits per heavy atom. The van der Waals surface area contributed by atoms with Crippen molar-refractivity contribution in [2.75, 3.05) is 5.73 Å². The second-order valence-corrected chi connectivity index (χ2v) is 3.82. The molecule has 0 unspecified atom stereocenters. The van der Waals surface area contributed by atoms with Crippen molar-refractivity contribution in [3.8, 4) is 11.1 Å². The van der Waals surface area contributed by atoms with Gasteiger partial charge >= 0.3 is 0 Å². The molecule has 0 saturated heterocycles. The molecule has 0 amide bonds. The molecule has 0 aliphatic carbocycles. The molecule has 0 spiro atoms. The number of nitrogens with zero attached hydrogens (tertiary/aromatic N) is 1. The molecule has 0 bridgehead atoms. The van der Waals surface area contributed by atoms with E-state index in [1.165, 1.54) is 0 Å². The third-order valence-electron chi connectivity index (χ3n) is 2.68. The molecule has 4 heteroatoms. The van der Waals surface area contributed by atoms with E-state index in [-0.39, 0.29) is 0 Å². The third-order valence-corrected chi connectivity index (χ3v) is 2.68. The van der Waals surface area contributed by atoms with Crippen molar-refractivity contribution < 1.29 is 4.52 Å². The number of aromatic nitrogens is 1. The number of nitrogen functional groups attached to an aromatic ring is 1. The smallest absolute Gasteiger partial charge is 0.141 e. The monoisotopic (exact) mass is 247 g/mol. The van der Waals surface area contributed by atoms with Crippen LogP contribution in [0.25, 0.3) is 11.1 Å². The van der Waals surface area contributed by atoms with Gasteiger partial charge in [-0.2, -0.15) is 0 Å². The van der Waals surface area contributed by atoms with E-state index in [0.29, 0.717) is 6.54 Å². The summed E-state index contributed by atoms with van der Waals surface area (Å²) in [5, 5.41) is 3.93. The fourth-order valence-electron chi connectivity index (χ4n) is 1.83. The van der Waals surface area contributed by atoms with Crippen molar-refractivity contribution in [3.05, 3.63) is 35.2 Å². The molecule has 4 nitrogen and oxygen atoms in total. The quantitative estimate of drug-likeness (QED) is 0.799. The van der Waals surface area contributed by atoms with Gasteiger partial charge in [0, 0.05) is 17.8 Å². The average Bonchev–Trinajstić information content (AvgIpc) is 2.73. The lowest BCUT2D eigenvalue weighted by molar-refractivity contribution is 0.393. The first-order valence-corrected chi connectivity index (χ1v) is 6.15. The summed E-state index contributed by atoms with van der Waals surface area (Å²) < 4.78 is 5.14. The molecule has 2 rings (SSSR count). The van der Waals surface area contributed by atoms with Crippen LogP contribution in [0.2, 0.25) is 0 Å². The molecule has 0 aliphatic heterocycles. The van der Waals surface area contributed by atoms with Gasteiger partial charge in [-0.25, -0.2) is 0 Å². The van der Waals surface area contributed by atoms with Crippen molar-refractivity contribution in [2.24, 2.45) is 5.73 Å². The summed E-state index contributed by atoms with van der Waals surface area (Å²) in [6, 6.07) is 5.81. The lowest BCUT2D eigenvalue weighted by Crippen LogP contribution is -2.01. The fourth-order valence-corrected chi connectivity index (χ4v) is 1.83. The Balaban J connectivity index is 0.000000771. The van der Waals surface area contributed by atoms with Gasteiger partial charge in [0.2, 0.25) is 0 Å². The van der Waals surface area contributed by atoms with Crippen molar-refractivity contribution in [3.63, 3.8) is 0 Å². The molecule has 0 aliphatic rings. The Morgan fingerprint density at radius 2 is 1.89 bits per heavy atom. The Kier molecular flexibility index (Phi) is 4.92. The van der Waals surface area contributed by atoms with Crippen LogP contribution in [-0.4, -0.2) is 5.16 Å². The van der Waals surface area contributed by atoms with E-state index in [9.17, 15) is 0 Å². The zero-order chi connectivity index (χ0) is 13.7. The molecule has 0 fully saturated rings. The zero-order valence-electron chi connectivity index (χ0n) is 11.4. The maximum atomic E-state index is 5.81. The summed E-state index contributed by atoms with van der Waals surface area (Å²) in [7, 11) is 0. The number of rotatable bonds is 2. The first-order chi connectivity index (χ1) is 8.63. The topological polar surface area (TPSA) is 78.1 Å². The Hall–Kier alpha value is -1.81. The second-order valence-electron chi connectivity index (χ2n) is 3.82. The van der Waals surface area contributed by atoms with Crippen molar-refractivity contribution >= 4 is 5.69 Å². The standard InChI is InChI=1S/C12H15N3O.C2H6/c1-7-12(8(2)16-15-7)9-3-4-11(14)10(5-9)6-13;1-2/h3-5H,6,13-14H2,1-2H3;1-2H3. The van der Waals surface area contributed by atoms with E-state index in [0.717, 1.165) is 33.8 Å². The summed E-state index contributed by atoms with van der Waals surface area (Å²) in [6.07, 6.45) is 0. The maximum Gasteiger partial charge on any atom is 0.141 e. The van der Waals surface area contributed by atoms with Gasteiger partial charge in [0.1, 0.15) is 5.76 Å². The lowest BCUT2D eigenvalue weighted by Gasteiger charge is -2.06. The minimum atomic E-state index is 0.434. The zero-order valence-corrected chi connectivity index (χ0v) is 11.4. The van der Waals surface area contributed by atoms with Crippen LogP contribution in [0.5, 0.6) is 0 Å². The van der Waals surface area contributed by atoms with Gasteiger partial charge in [-0.15, -0.1) is 0 Å². The summed E-state index contributed by atoms with van der Waals surface area (Å²) in [5.41, 5.74) is 16.1. The van der Waals surface area contributed by atoms with Gasteiger partial charge in [0.15, 0.2) is 0 Å². The van der Waals surface area contributed by atoms with Gasteiger partial charge in [0.05, 0.1) is 5.69 Å². The number of hydrogen-bond donors (Lipinski definition) is 2. The van der Waals surface area contributed by atoms with E-state index >= 15 is 0 Å². The van der Waals surface area contributed by atoms with Gasteiger partial charge < -0.3 is 16.0 Å². The number of hydrogen-bond acceptors (Lipinski definition) is 4. The normalized spacial score (nSPS) is 9.83. The minimum absolute atomic E-state index is 0.434. The summed E-state index contributed by atoms with van der Waals surface area (Å²) in [4.78, 5) is 0. The number of aryl methyl sites for hydroxylation is 2. The van der Waals surface area contributed by atoms with Crippen LogP contribution >= 0.6 is 0 Å². The number of benzene rings is 1. The molecule has 1 aromatic carbocycles. The highest BCUT2D eigenvalue weighted by Crippen LogP contribution is 2.29. The molecule has 2 aromatic rings. The van der Waals surface area contributed by atoms with Crippen molar-refractivity contribution in [1.29, 1.82) is 0 Å². The average molecular weight is 247 g/mol. The van der Waals surface area contributed by atoms with Crippen LogP contribution in [-0.2, 0) is 6.54 Å². The summed E-state index contributed by atoms with van der Waals surface area (Å²) in [6.45, 7) is 8.25. The third kappa shape index (κ3) is 2.71.